The van der Waals surface area contributed by atoms with E-state index in [1.807, 2.05) is 0 Å². The van der Waals surface area contributed by atoms with Crippen LogP contribution in [0.5, 0.6) is 17.2 Å². The first-order chi connectivity index (χ1) is 15.3. The van der Waals surface area contributed by atoms with Gasteiger partial charge < -0.3 is 19.1 Å². The Labute approximate surface area is 190 Å². The molecule has 0 unspecified atom stereocenters. The summed E-state index contributed by atoms with van der Waals surface area (Å²) in [7, 11) is -1.42. The average Bonchev–Trinajstić information content (AvgIpc) is 3.40. The number of hydrogen-bond donors (Lipinski definition) is 1. The van der Waals surface area contributed by atoms with Crippen molar-refractivity contribution in [1.29, 1.82) is 0 Å². The maximum Gasteiger partial charge on any atom is 0.261 e. The summed E-state index contributed by atoms with van der Waals surface area (Å²) in [5, 5.41) is 0. The highest BCUT2D eigenvalue weighted by atomic mass is 32.2. The molecule has 0 saturated heterocycles. The molecule has 2 aromatic rings. The molecule has 0 radical (unpaired) electrons. The first-order valence-electron chi connectivity index (χ1n) is 11.1. The molecule has 0 spiro atoms. The zero-order chi connectivity index (χ0) is 22.7. The zero-order valence-electron chi connectivity index (χ0n) is 18.7. The fraction of sp³-hybridized carbons (Fsp3) is 0.500. The molecule has 1 aliphatic carbocycles. The van der Waals surface area contributed by atoms with Crippen molar-refractivity contribution in [1.82, 2.24) is 4.90 Å². The smallest absolute Gasteiger partial charge is 0.261 e. The quantitative estimate of drug-likeness (QED) is 0.683. The van der Waals surface area contributed by atoms with Crippen LogP contribution >= 0.6 is 0 Å². The van der Waals surface area contributed by atoms with Crippen LogP contribution in [0.15, 0.2) is 30.3 Å². The molecule has 32 heavy (non-hydrogen) atoms. The van der Waals surface area contributed by atoms with Gasteiger partial charge in [0.25, 0.3) is 10.1 Å². The van der Waals surface area contributed by atoms with E-state index in [0.717, 1.165) is 56.2 Å². The standard InChI is InChI=1S/C23H27NO3.CH4O3S/c1-24(12-10-16-4-3-7-21-19(16)11-13-25-21)14-17-5-2-6-20-18(17)8-9-22-23(20)27-15-26-22;1-5(2,3)4/h3-4,7-9,17H,2,5-6,10-15H2,1H3;1H3,(H,2,3,4)/t17-;/m0./s1. The first kappa shape index (κ1) is 22.9. The van der Waals surface area contributed by atoms with Crippen molar-refractivity contribution in [3.8, 4) is 17.2 Å². The molecule has 0 bridgehead atoms. The Bertz CT molecular complexity index is 1060. The second kappa shape index (κ2) is 9.68. The Balaban J connectivity index is 0.000000444. The van der Waals surface area contributed by atoms with Gasteiger partial charge in [-0.2, -0.15) is 8.42 Å². The van der Waals surface area contributed by atoms with E-state index in [4.69, 9.17) is 18.8 Å². The number of benzene rings is 2. The third kappa shape index (κ3) is 5.54. The molecule has 174 valence electrons. The van der Waals surface area contributed by atoms with Crippen LogP contribution in [0, 0.1) is 0 Å². The fourth-order valence-electron chi connectivity index (χ4n) is 4.86. The normalized spacial score (nSPS) is 18.4. The summed E-state index contributed by atoms with van der Waals surface area (Å²) >= 11 is 0. The SMILES string of the molecule is CN(CCc1cccc2c1CCO2)C[C@@H]1CCCc2c1ccc1c2OCO1.CS(=O)(=O)O. The molecule has 2 heterocycles. The molecule has 0 saturated carbocycles. The number of nitrogens with zero attached hydrogens (tertiary/aromatic N) is 1. The van der Waals surface area contributed by atoms with Crippen molar-refractivity contribution in [3.63, 3.8) is 0 Å². The Hall–Kier alpha value is -2.29. The number of rotatable bonds is 5. The largest absolute Gasteiger partial charge is 0.493 e. The topological polar surface area (TPSA) is 85.3 Å². The molecule has 0 fully saturated rings. The second-order valence-corrected chi connectivity index (χ2v) is 10.2. The summed E-state index contributed by atoms with van der Waals surface area (Å²) < 4.78 is 42.9. The molecule has 7 nitrogen and oxygen atoms in total. The van der Waals surface area contributed by atoms with Crippen LogP contribution in [-0.4, -0.2) is 57.7 Å². The van der Waals surface area contributed by atoms with E-state index in [9.17, 15) is 8.42 Å². The minimum atomic E-state index is -3.67. The fourth-order valence-corrected chi connectivity index (χ4v) is 4.86. The minimum absolute atomic E-state index is 0.363. The van der Waals surface area contributed by atoms with Crippen molar-refractivity contribution in [2.24, 2.45) is 0 Å². The number of ether oxygens (including phenoxy) is 3. The van der Waals surface area contributed by atoms with Crippen LogP contribution in [0.4, 0.5) is 0 Å². The lowest BCUT2D eigenvalue weighted by atomic mass is 9.82. The van der Waals surface area contributed by atoms with E-state index in [2.05, 4.69) is 42.3 Å². The first-order valence-corrected chi connectivity index (χ1v) is 12.9. The van der Waals surface area contributed by atoms with Crippen LogP contribution < -0.4 is 14.2 Å². The van der Waals surface area contributed by atoms with Crippen LogP contribution in [-0.2, 0) is 29.4 Å². The van der Waals surface area contributed by atoms with Crippen LogP contribution in [0.1, 0.15) is 41.0 Å². The summed E-state index contributed by atoms with van der Waals surface area (Å²) in [6.45, 7) is 3.36. The van der Waals surface area contributed by atoms with Gasteiger partial charge in [0.1, 0.15) is 5.75 Å². The molecule has 8 heteroatoms. The molecule has 2 aromatic carbocycles. The highest BCUT2D eigenvalue weighted by Crippen LogP contribution is 2.44. The van der Waals surface area contributed by atoms with Gasteiger partial charge in [0.05, 0.1) is 12.9 Å². The monoisotopic (exact) mass is 461 g/mol. The van der Waals surface area contributed by atoms with Gasteiger partial charge in [-0.15, -0.1) is 0 Å². The Morgan fingerprint density at radius 3 is 2.69 bits per heavy atom. The lowest BCUT2D eigenvalue weighted by molar-refractivity contribution is 0.173. The summed E-state index contributed by atoms with van der Waals surface area (Å²) in [4.78, 5) is 2.49. The molecule has 1 N–H and O–H groups in total. The Morgan fingerprint density at radius 2 is 1.88 bits per heavy atom. The lowest BCUT2D eigenvalue weighted by Crippen LogP contribution is -2.28. The van der Waals surface area contributed by atoms with E-state index >= 15 is 0 Å². The molecular formula is C24H31NO6S. The van der Waals surface area contributed by atoms with Crippen molar-refractivity contribution < 1.29 is 27.2 Å². The predicted octanol–water partition coefficient (Wildman–Crippen LogP) is 3.45. The number of likely N-dealkylation sites (N-methyl/N-ethyl adjacent to an activating group) is 1. The van der Waals surface area contributed by atoms with Gasteiger partial charge >= 0.3 is 0 Å². The Morgan fingerprint density at radius 1 is 1.06 bits per heavy atom. The molecule has 3 aliphatic rings. The zero-order valence-corrected chi connectivity index (χ0v) is 19.5. The van der Waals surface area contributed by atoms with Crippen LogP contribution in [0.2, 0.25) is 0 Å². The van der Waals surface area contributed by atoms with Gasteiger partial charge in [-0.3, -0.25) is 4.55 Å². The van der Waals surface area contributed by atoms with Crippen molar-refractivity contribution in [2.75, 3.05) is 39.8 Å². The molecule has 2 aliphatic heterocycles. The number of hydrogen-bond acceptors (Lipinski definition) is 6. The van der Waals surface area contributed by atoms with Crippen molar-refractivity contribution >= 4 is 10.1 Å². The molecule has 1 atom stereocenters. The molecule has 5 rings (SSSR count). The summed E-state index contributed by atoms with van der Waals surface area (Å²) in [6, 6.07) is 10.8. The van der Waals surface area contributed by atoms with E-state index in [0.29, 0.717) is 19.0 Å². The van der Waals surface area contributed by atoms with E-state index in [1.54, 1.807) is 0 Å². The Kier molecular flexibility index (Phi) is 6.93. The highest BCUT2D eigenvalue weighted by molar-refractivity contribution is 7.85. The third-order valence-electron chi connectivity index (χ3n) is 6.23. The average molecular weight is 462 g/mol. The lowest BCUT2D eigenvalue weighted by Gasteiger charge is -2.30. The minimum Gasteiger partial charge on any atom is -0.493 e. The van der Waals surface area contributed by atoms with Gasteiger partial charge in [-0.1, -0.05) is 18.2 Å². The van der Waals surface area contributed by atoms with Gasteiger partial charge in [0.15, 0.2) is 11.5 Å². The predicted molar refractivity (Wildman–Crippen MR) is 123 cm³/mol. The van der Waals surface area contributed by atoms with Crippen LogP contribution in [0.25, 0.3) is 0 Å². The second-order valence-electron chi connectivity index (χ2n) is 8.69. The van der Waals surface area contributed by atoms with Crippen LogP contribution in [0.3, 0.4) is 0 Å². The van der Waals surface area contributed by atoms with Gasteiger partial charge in [0.2, 0.25) is 6.79 Å². The summed E-state index contributed by atoms with van der Waals surface area (Å²) in [6.07, 6.45) is 6.45. The van der Waals surface area contributed by atoms with E-state index in [1.165, 1.54) is 35.1 Å². The van der Waals surface area contributed by atoms with Crippen molar-refractivity contribution in [3.05, 3.63) is 52.6 Å². The highest BCUT2D eigenvalue weighted by Gasteiger charge is 2.28. The van der Waals surface area contributed by atoms with E-state index in [-0.39, 0.29) is 0 Å². The summed E-state index contributed by atoms with van der Waals surface area (Å²) in [5.74, 6) is 3.59. The molecule has 0 aromatic heterocycles. The van der Waals surface area contributed by atoms with Crippen molar-refractivity contribution in [2.45, 2.75) is 38.0 Å². The maximum atomic E-state index is 9.19. The molecular weight excluding hydrogens is 430 g/mol. The van der Waals surface area contributed by atoms with Gasteiger partial charge in [-0.05, 0) is 61.9 Å². The molecule has 0 amide bonds. The summed E-state index contributed by atoms with van der Waals surface area (Å²) in [5.41, 5.74) is 5.71. The van der Waals surface area contributed by atoms with Gasteiger partial charge in [-0.25, -0.2) is 0 Å². The third-order valence-corrected chi connectivity index (χ3v) is 6.23. The number of fused-ring (bicyclic) bond motifs is 4. The maximum absolute atomic E-state index is 9.19. The van der Waals surface area contributed by atoms with E-state index < -0.39 is 10.1 Å². The van der Waals surface area contributed by atoms with Gasteiger partial charge in [0, 0.05) is 30.6 Å².